The monoisotopic (exact) mass is 521 g/mol. The molecule has 8 N–H and O–H groups in total. The van der Waals surface area contributed by atoms with Crippen LogP contribution in [0, 0.1) is 11.8 Å². The Morgan fingerprint density at radius 3 is 2.30 bits per heavy atom. The second-order valence-corrected chi connectivity index (χ2v) is 10.2. The van der Waals surface area contributed by atoms with Crippen LogP contribution in [0.5, 0.6) is 0 Å². The molecule has 2 rings (SSSR count). The molecule has 2 saturated heterocycles. The predicted molar refractivity (Wildman–Crippen MR) is 143 cm³/mol. The van der Waals surface area contributed by atoms with E-state index in [-0.39, 0.29) is 41.9 Å². The molecule has 0 aromatic carbocycles. The quantitative estimate of drug-likeness (QED) is 0.0969. The molecule has 1 unspecified atom stereocenters. The summed E-state index contributed by atoms with van der Waals surface area (Å²) in [4.78, 5) is 56.1. The molecule has 11 heteroatoms. The van der Waals surface area contributed by atoms with Crippen molar-refractivity contribution in [3.05, 3.63) is 0 Å². The van der Waals surface area contributed by atoms with Crippen molar-refractivity contribution in [1.82, 2.24) is 21.3 Å². The summed E-state index contributed by atoms with van der Waals surface area (Å²) in [7, 11) is 0. The van der Waals surface area contributed by atoms with Gasteiger partial charge in [-0.05, 0) is 32.1 Å². The third kappa shape index (κ3) is 9.94. The van der Waals surface area contributed by atoms with Gasteiger partial charge in [0.15, 0.2) is 11.7 Å². The van der Waals surface area contributed by atoms with Crippen molar-refractivity contribution in [2.75, 3.05) is 19.6 Å². The summed E-state index contributed by atoms with van der Waals surface area (Å²) in [5.74, 6) is -2.34. The van der Waals surface area contributed by atoms with Gasteiger partial charge in [0.1, 0.15) is 12.1 Å². The van der Waals surface area contributed by atoms with E-state index in [0.717, 1.165) is 38.5 Å². The van der Waals surface area contributed by atoms with Gasteiger partial charge in [-0.3, -0.25) is 24.2 Å². The van der Waals surface area contributed by atoms with Crippen LogP contribution in [0.2, 0.25) is 0 Å². The molecule has 0 saturated carbocycles. The maximum atomic E-state index is 13.6. The van der Waals surface area contributed by atoms with Gasteiger partial charge in [-0.15, -0.1) is 0 Å². The van der Waals surface area contributed by atoms with Gasteiger partial charge in [0, 0.05) is 31.5 Å². The number of hydrogen-bond donors (Lipinski definition) is 6. The summed E-state index contributed by atoms with van der Waals surface area (Å²) in [5.41, 5.74) is 10.8. The van der Waals surface area contributed by atoms with Gasteiger partial charge in [-0.2, -0.15) is 0 Å². The number of nitrogens with two attached hydrogens (primary N) is 2. The second kappa shape index (κ2) is 16.2. The second-order valence-electron chi connectivity index (χ2n) is 10.2. The van der Waals surface area contributed by atoms with E-state index < -0.39 is 23.9 Å². The van der Waals surface area contributed by atoms with Crippen LogP contribution in [0.15, 0.2) is 4.99 Å². The van der Waals surface area contributed by atoms with Crippen LogP contribution >= 0.6 is 0 Å². The van der Waals surface area contributed by atoms with Gasteiger partial charge in [-0.1, -0.05) is 52.4 Å². The Hall–Kier alpha value is -2.69. The fraction of sp³-hybridized carbons (Fsp3) is 0.808. The number of unbranched alkanes of at least 4 members (excludes halogenated alkanes) is 5. The van der Waals surface area contributed by atoms with Crippen molar-refractivity contribution in [3.63, 3.8) is 0 Å². The van der Waals surface area contributed by atoms with Gasteiger partial charge in [0.2, 0.25) is 17.7 Å². The normalized spacial score (nSPS) is 25.6. The zero-order valence-electron chi connectivity index (χ0n) is 22.5. The van der Waals surface area contributed by atoms with Crippen molar-refractivity contribution in [2.45, 2.75) is 103 Å². The summed E-state index contributed by atoms with van der Waals surface area (Å²) < 4.78 is 0. The zero-order chi connectivity index (χ0) is 27.2. The van der Waals surface area contributed by atoms with Crippen LogP contribution in [0.1, 0.15) is 84.5 Å². The number of nitrogens with zero attached hydrogens (tertiary/aromatic N) is 1. The van der Waals surface area contributed by atoms with E-state index in [2.05, 4.69) is 40.1 Å². The lowest BCUT2D eigenvalue weighted by Gasteiger charge is -2.38. The molecule has 37 heavy (non-hydrogen) atoms. The van der Waals surface area contributed by atoms with Gasteiger partial charge >= 0.3 is 0 Å². The maximum absolute atomic E-state index is 13.6. The zero-order valence-corrected chi connectivity index (χ0v) is 22.5. The molecule has 5 atom stereocenters. The molecular formula is C26H47N7O4. The smallest absolute Gasteiger partial charge is 0.242 e. The number of Topliss-reactive ketones (excluding diaryl/α,β-unsaturated/α-hetero) is 1. The molecule has 0 aromatic rings. The Balaban J connectivity index is 2.04. The highest BCUT2D eigenvalue weighted by atomic mass is 16.2. The first-order valence-electron chi connectivity index (χ1n) is 14.0. The van der Waals surface area contributed by atoms with E-state index in [0.29, 0.717) is 38.9 Å². The Kier molecular flexibility index (Phi) is 13.4. The number of carbonyl (C=O) groups excluding carboxylic acids is 4. The number of hydrogen-bond acceptors (Lipinski definition) is 6. The van der Waals surface area contributed by atoms with Gasteiger partial charge in [0.05, 0.1) is 6.04 Å². The highest BCUT2D eigenvalue weighted by Crippen LogP contribution is 2.30. The number of amides is 3. The first kappa shape index (κ1) is 30.5. The van der Waals surface area contributed by atoms with E-state index in [1.54, 1.807) is 0 Å². The molecule has 2 aliphatic rings. The molecular weight excluding hydrogens is 474 g/mol. The third-order valence-corrected chi connectivity index (χ3v) is 7.25. The molecule has 11 nitrogen and oxygen atoms in total. The van der Waals surface area contributed by atoms with E-state index in [4.69, 9.17) is 11.5 Å². The minimum Gasteiger partial charge on any atom is -0.370 e. The third-order valence-electron chi connectivity index (χ3n) is 7.25. The molecule has 0 spiro atoms. The Morgan fingerprint density at radius 2 is 1.62 bits per heavy atom. The Morgan fingerprint density at radius 1 is 0.919 bits per heavy atom. The molecule has 2 heterocycles. The average Bonchev–Trinajstić information content (AvgIpc) is 2.87. The number of carbonyl (C=O) groups is 4. The van der Waals surface area contributed by atoms with Crippen molar-refractivity contribution >= 4 is 29.5 Å². The highest BCUT2D eigenvalue weighted by Gasteiger charge is 2.45. The Bertz CT molecular complexity index is 800. The van der Waals surface area contributed by atoms with Crippen molar-refractivity contribution in [3.8, 4) is 0 Å². The first-order chi connectivity index (χ1) is 17.8. The number of aliphatic imine (C=N–C) groups is 1. The van der Waals surface area contributed by atoms with Crippen molar-refractivity contribution in [2.24, 2.45) is 28.3 Å². The number of piperidine rings is 1. The van der Waals surface area contributed by atoms with E-state index in [1.165, 1.54) is 6.42 Å². The fourth-order valence-corrected chi connectivity index (χ4v) is 5.09. The van der Waals surface area contributed by atoms with Crippen LogP contribution in [0.25, 0.3) is 0 Å². The lowest BCUT2D eigenvalue weighted by atomic mass is 9.75. The molecule has 210 valence electrons. The topological polar surface area (TPSA) is 181 Å². The van der Waals surface area contributed by atoms with Gasteiger partial charge in [0.25, 0.3) is 0 Å². The number of piperazine rings is 1. The number of rotatable bonds is 16. The minimum atomic E-state index is -0.782. The van der Waals surface area contributed by atoms with Crippen LogP contribution in [-0.2, 0) is 19.2 Å². The lowest BCUT2D eigenvalue weighted by molar-refractivity contribution is -0.143. The van der Waals surface area contributed by atoms with E-state index in [1.807, 2.05) is 0 Å². The number of ketones is 1. The summed E-state index contributed by atoms with van der Waals surface area (Å²) >= 11 is 0. The highest BCUT2D eigenvalue weighted by molar-refractivity contribution is 5.99. The van der Waals surface area contributed by atoms with Gasteiger partial charge < -0.3 is 32.7 Å². The fourth-order valence-electron chi connectivity index (χ4n) is 5.09. The summed E-state index contributed by atoms with van der Waals surface area (Å²) in [6.07, 6.45) is 9.10. The van der Waals surface area contributed by atoms with Gasteiger partial charge in [-0.25, -0.2) is 0 Å². The van der Waals surface area contributed by atoms with Crippen LogP contribution in [0.3, 0.4) is 0 Å². The van der Waals surface area contributed by atoms with Crippen molar-refractivity contribution in [1.29, 1.82) is 0 Å². The molecule has 0 aromatic heterocycles. The lowest BCUT2D eigenvalue weighted by Crippen LogP contribution is -2.64. The maximum Gasteiger partial charge on any atom is 0.242 e. The first-order valence-corrected chi connectivity index (χ1v) is 14.0. The predicted octanol–water partition coefficient (Wildman–Crippen LogP) is 0.463. The number of guanidine groups is 1. The standard InChI is InChI=1S/C26H47N7O4/c1-3-5-7-8-9-13-29-24(36)20-15-18(17(23(35)32-20)11-10-14-30-26(27)28)22(34)21-16-31-19(12-6-4-2)25(37)33-21/h17-21,31H,3-16H2,1-2H3,(H,29,36)(H,32,35)(H,33,37)(H4,27,28,30)/t17-,18?,19+,20-,21-/m1/s1. The minimum absolute atomic E-state index is 0.0271. The summed E-state index contributed by atoms with van der Waals surface area (Å²) in [5, 5.41) is 11.8. The summed E-state index contributed by atoms with van der Waals surface area (Å²) in [6, 6.07) is -1.83. The summed E-state index contributed by atoms with van der Waals surface area (Å²) in [6.45, 7) is 5.41. The van der Waals surface area contributed by atoms with E-state index in [9.17, 15) is 19.2 Å². The Labute approximate surface area is 220 Å². The SMILES string of the molecule is CCCCCCCNC(=O)[C@H]1CC(C(=O)[C@H]2CN[C@@H](CCCC)C(=O)N2)[C@@H](CCCN=C(N)N)C(=O)N1. The average molecular weight is 522 g/mol. The molecule has 0 aliphatic carbocycles. The molecule has 2 aliphatic heterocycles. The molecule has 3 amide bonds. The van der Waals surface area contributed by atoms with Crippen LogP contribution < -0.4 is 32.7 Å². The van der Waals surface area contributed by atoms with Crippen molar-refractivity contribution < 1.29 is 19.2 Å². The molecule has 0 bridgehead atoms. The molecule has 0 radical (unpaired) electrons. The van der Waals surface area contributed by atoms with Crippen LogP contribution in [0.4, 0.5) is 0 Å². The van der Waals surface area contributed by atoms with E-state index >= 15 is 0 Å². The molecule has 2 fully saturated rings. The van der Waals surface area contributed by atoms with Crippen LogP contribution in [-0.4, -0.2) is 67.2 Å². The number of nitrogens with one attached hydrogen (secondary N) is 4. The largest absolute Gasteiger partial charge is 0.370 e.